The van der Waals surface area contributed by atoms with Crippen LogP contribution in [0.25, 0.3) is 0 Å². The molecule has 0 amide bonds. The van der Waals surface area contributed by atoms with E-state index in [-0.39, 0.29) is 0 Å². The van der Waals surface area contributed by atoms with Crippen LogP contribution in [0.15, 0.2) is 131 Å². The van der Waals surface area contributed by atoms with E-state index in [0.717, 1.165) is 0 Å². The Hall–Kier alpha value is -2.86. The molecule has 2 atom stereocenters. The monoisotopic (exact) mass is 536 g/mol. The van der Waals surface area contributed by atoms with Gasteiger partial charge in [-0.3, -0.25) is 0 Å². The SMILES string of the molecule is CC1=CCCC(C)(C)C1/C=C/C(C)=C\C=C/C(C)=C/C=C/C=C(C)/C=C\C=C(C)/C=C/C1C(C)=CCCC1(C)C. The van der Waals surface area contributed by atoms with E-state index in [1.807, 2.05) is 0 Å². The molecule has 216 valence electrons. The zero-order valence-electron chi connectivity index (χ0n) is 27.2. The Kier molecular flexibility index (Phi) is 13.2. The second-order valence-corrected chi connectivity index (χ2v) is 13.4. The van der Waals surface area contributed by atoms with Crippen molar-refractivity contribution in [3.05, 3.63) is 131 Å². The topological polar surface area (TPSA) is 0 Å². The molecule has 0 aromatic heterocycles. The zero-order valence-corrected chi connectivity index (χ0v) is 27.2. The van der Waals surface area contributed by atoms with Gasteiger partial charge in [0, 0.05) is 11.8 Å². The maximum absolute atomic E-state index is 2.40. The highest BCUT2D eigenvalue weighted by molar-refractivity contribution is 5.33. The molecule has 0 radical (unpaired) electrons. The van der Waals surface area contributed by atoms with Crippen molar-refractivity contribution in [3.8, 4) is 0 Å². The number of rotatable bonds is 10. The lowest BCUT2D eigenvalue weighted by atomic mass is 9.68. The summed E-state index contributed by atoms with van der Waals surface area (Å²) in [5, 5.41) is 0. The molecule has 0 heteroatoms. The molecule has 0 saturated heterocycles. The Labute approximate surface area is 247 Å². The zero-order chi connectivity index (χ0) is 29.8. The number of hydrogen-bond donors (Lipinski definition) is 0. The average molecular weight is 537 g/mol. The lowest BCUT2D eigenvalue weighted by Gasteiger charge is -2.36. The van der Waals surface area contributed by atoms with Gasteiger partial charge in [0.1, 0.15) is 0 Å². The minimum Gasteiger partial charge on any atom is -0.0850 e. The molecule has 2 aliphatic rings. The van der Waals surface area contributed by atoms with Crippen molar-refractivity contribution in [2.75, 3.05) is 0 Å². The van der Waals surface area contributed by atoms with Gasteiger partial charge in [0.05, 0.1) is 0 Å². The first kappa shape index (κ1) is 33.3. The van der Waals surface area contributed by atoms with Crippen LogP contribution in [0.1, 0.15) is 94.9 Å². The van der Waals surface area contributed by atoms with Crippen LogP contribution in [0.4, 0.5) is 0 Å². The van der Waals surface area contributed by atoms with E-state index in [9.17, 15) is 0 Å². The second-order valence-electron chi connectivity index (χ2n) is 13.4. The van der Waals surface area contributed by atoms with E-state index in [1.165, 1.54) is 59.1 Å². The minimum atomic E-state index is 0.343. The van der Waals surface area contributed by atoms with Gasteiger partial charge in [-0.2, -0.15) is 0 Å². The maximum Gasteiger partial charge on any atom is 0.00285 e. The molecule has 2 aliphatic carbocycles. The van der Waals surface area contributed by atoms with Crippen molar-refractivity contribution >= 4 is 0 Å². The Morgan fingerprint density at radius 1 is 0.550 bits per heavy atom. The summed E-state index contributed by atoms with van der Waals surface area (Å²) in [7, 11) is 0. The van der Waals surface area contributed by atoms with Crippen LogP contribution < -0.4 is 0 Å². The molecule has 0 N–H and O–H groups in total. The van der Waals surface area contributed by atoms with Crippen molar-refractivity contribution in [1.29, 1.82) is 0 Å². The van der Waals surface area contributed by atoms with Gasteiger partial charge in [-0.25, -0.2) is 0 Å². The van der Waals surface area contributed by atoms with Gasteiger partial charge < -0.3 is 0 Å². The molecule has 0 bridgehead atoms. The molecular weight excluding hydrogens is 480 g/mol. The predicted molar refractivity (Wildman–Crippen MR) is 181 cm³/mol. The standard InChI is InChI=1S/C40H56/c1-31(19-13-21-33(3)25-27-37-35(5)23-15-29-39(37,7)8)17-11-12-18-32(2)20-14-22-34(4)26-28-38-36(6)24-16-30-40(38,9)10/h11-14,17-28,37-38H,15-16,29-30H2,1-10H3/b12-11+,19-13-,20-14-,27-25+,28-26+,31-17+,32-18+,33-21-,34-22-. The lowest BCUT2D eigenvalue weighted by Crippen LogP contribution is -2.26. The summed E-state index contributed by atoms with van der Waals surface area (Å²) in [6, 6.07) is 0. The van der Waals surface area contributed by atoms with Crippen molar-refractivity contribution in [2.24, 2.45) is 22.7 Å². The normalized spacial score (nSPS) is 25.1. The third-order valence-corrected chi connectivity index (χ3v) is 8.54. The molecule has 0 fully saturated rings. The average Bonchev–Trinajstić information content (AvgIpc) is 2.85. The Balaban J connectivity index is 1.87. The van der Waals surface area contributed by atoms with E-state index < -0.39 is 0 Å². The van der Waals surface area contributed by atoms with E-state index in [0.29, 0.717) is 22.7 Å². The molecule has 0 aromatic rings. The quantitative estimate of drug-likeness (QED) is 0.192. The van der Waals surface area contributed by atoms with Crippen LogP contribution in [0.5, 0.6) is 0 Å². The summed E-state index contributed by atoms with van der Waals surface area (Å²) in [5.41, 5.74) is 8.72. The highest BCUT2D eigenvalue weighted by Gasteiger charge is 2.31. The summed E-state index contributed by atoms with van der Waals surface area (Å²) in [6.45, 7) is 22.7. The van der Waals surface area contributed by atoms with Gasteiger partial charge in [0.15, 0.2) is 0 Å². The van der Waals surface area contributed by atoms with E-state index in [4.69, 9.17) is 0 Å². The fourth-order valence-electron chi connectivity index (χ4n) is 5.80. The summed E-state index contributed by atoms with van der Waals surface area (Å²) >= 11 is 0. The van der Waals surface area contributed by atoms with Crippen LogP contribution in [0.3, 0.4) is 0 Å². The third kappa shape index (κ3) is 11.3. The molecular formula is C40H56. The van der Waals surface area contributed by atoms with Crippen LogP contribution in [0, 0.1) is 22.7 Å². The highest BCUT2D eigenvalue weighted by atomic mass is 14.4. The van der Waals surface area contributed by atoms with Crippen molar-refractivity contribution < 1.29 is 0 Å². The van der Waals surface area contributed by atoms with Gasteiger partial charge in [0.25, 0.3) is 0 Å². The summed E-state index contributed by atoms with van der Waals surface area (Å²) in [5.74, 6) is 1.06. The summed E-state index contributed by atoms with van der Waals surface area (Å²) in [4.78, 5) is 0. The predicted octanol–water partition coefficient (Wildman–Crippen LogP) is 12.3. The molecule has 0 aromatic carbocycles. The molecule has 0 aliphatic heterocycles. The van der Waals surface area contributed by atoms with Crippen LogP contribution in [-0.2, 0) is 0 Å². The second kappa shape index (κ2) is 15.8. The van der Waals surface area contributed by atoms with Crippen molar-refractivity contribution in [3.63, 3.8) is 0 Å². The van der Waals surface area contributed by atoms with Gasteiger partial charge in [-0.1, -0.05) is 158 Å². The first-order chi connectivity index (χ1) is 18.8. The van der Waals surface area contributed by atoms with Gasteiger partial charge >= 0.3 is 0 Å². The van der Waals surface area contributed by atoms with Crippen molar-refractivity contribution in [2.45, 2.75) is 94.9 Å². The van der Waals surface area contributed by atoms with Gasteiger partial charge in [-0.05, 0) is 78.1 Å². The minimum absolute atomic E-state index is 0.343. The Morgan fingerprint density at radius 2 is 0.875 bits per heavy atom. The fraction of sp³-hybridized carbons (Fsp3) is 0.450. The first-order valence-corrected chi connectivity index (χ1v) is 15.2. The molecule has 0 spiro atoms. The largest absolute Gasteiger partial charge is 0.0850 e. The van der Waals surface area contributed by atoms with Crippen LogP contribution in [-0.4, -0.2) is 0 Å². The van der Waals surface area contributed by atoms with Gasteiger partial charge in [-0.15, -0.1) is 0 Å². The Bertz CT molecular complexity index is 1090. The van der Waals surface area contributed by atoms with E-state index in [2.05, 4.69) is 166 Å². The summed E-state index contributed by atoms with van der Waals surface area (Å²) in [6.07, 6.45) is 40.6. The molecule has 2 rings (SSSR count). The number of hydrogen-bond acceptors (Lipinski definition) is 0. The molecule has 2 unspecified atom stereocenters. The molecule has 0 heterocycles. The number of allylic oxidation sites excluding steroid dienone is 22. The van der Waals surface area contributed by atoms with Crippen LogP contribution in [0.2, 0.25) is 0 Å². The molecule has 40 heavy (non-hydrogen) atoms. The summed E-state index contributed by atoms with van der Waals surface area (Å²) < 4.78 is 0. The smallest absolute Gasteiger partial charge is 0.00285 e. The molecule has 0 saturated carbocycles. The Morgan fingerprint density at radius 3 is 1.23 bits per heavy atom. The molecule has 0 nitrogen and oxygen atoms in total. The van der Waals surface area contributed by atoms with Crippen molar-refractivity contribution in [1.82, 2.24) is 0 Å². The third-order valence-electron chi connectivity index (χ3n) is 8.54. The van der Waals surface area contributed by atoms with E-state index in [1.54, 1.807) is 0 Å². The highest BCUT2D eigenvalue weighted by Crippen LogP contribution is 2.42. The maximum atomic E-state index is 2.40. The fourth-order valence-corrected chi connectivity index (χ4v) is 5.80. The lowest BCUT2D eigenvalue weighted by molar-refractivity contribution is 0.255. The van der Waals surface area contributed by atoms with Crippen LogP contribution >= 0.6 is 0 Å². The van der Waals surface area contributed by atoms with Gasteiger partial charge in [0.2, 0.25) is 0 Å². The first-order valence-electron chi connectivity index (χ1n) is 15.2. The van der Waals surface area contributed by atoms with E-state index >= 15 is 0 Å².